The SMILES string of the molecule is CCc1cnc(C(C)NC2CC(c3ccccc3C)C2)s1. The lowest BCUT2D eigenvalue weighted by atomic mass is 9.74. The topological polar surface area (TPSA) is 24.9 Å². The van der Waals surface area contributed by atoms with E-state index in [1.165, 1.54) is 33.9 Å². The van der Waals surface area contributed by atoms with E-state index in [2.05, 4.69) is 55.3 Å². The Morgan fingerprint density at radius 3 is 2.76 bits per heavy atom. The molecule has 0 radical (unpaired) electrons. The first-order valence-corrected chi connectivity index (χ1v) is 8.75. The molecule has 0 aliphatic heterocycles. The summed E-state index contributed by atoms with van der Waals surface area (Å²) in [6.07, 6.45) is 5.61. The Labute approximate surface area is 131 Å². The van der Waals surface area contributed by atoms with Gasteiger partial charge in [0.1, 0.15) is 5.01 Å². The van der Waals surface area contributed by atoms with Crippen molar-refractivity contribution in [2.75, 3.05) is 0 Å². The molecular weight excluding hydrogens is 276 g/mol. The third-order valence-corrected chi connectivity index (χ3v) is 5.87. The van der Waals surface area contributed by atoms with E-state index >= 15 is 0 Å². The van der Waals surface area contributed by atoms with Crippen LogP contribution in [0.2, 0.25) is 0 Å². The van der Waals surface area contributed by atoms with Gasteiger partial charge in [0.05, 0.1) is 6.04 Å². The van der Waals surface area contributed by atoms with Crippen LogP contribution >= 0.6 is 11.3 Å². The van der Waals surface area contributed by atoms with Gasteiger partial charge in [-0.2, -0.15) is 0 Å². The molecule has 3 rings (SSSR count). The number of rotatable bonds is 5. The second-order valence-electron chi connectivity index (χ2n) is 6.13. The van der Waals surface area contributed by atoms with Crippen molar-refractivity contribution in [3.8, 4) is 0 Å². The number of aromatic nitrogens is 1. The van der Waals surface area contributed by atoms with E-state index in [0.717, 1.165) is 12.3 Å². The van der Waals surface area contributed by atoms with Crippen LogP contribution in [0.5, 0.6) is 0 Å². The largest absolute Gasteiger partial charge is 0.305 e. The molecular formula is C18H24N2S. The van der Waals surface area contributed by atoms with Gasteiger partial charge in [0.2, 0.25) is 0 Å². The lowest BCUT2D eigenvalue weighted by Crippen LogP contribution is -2.41. The summed E-state index contributed by atoms with van der Waals surface area (Å²) < 4.78 is 0. The van der Waals surface area contributed by atoms with Crippen molar-refractivity contribution >= 4 is 11.3 Å². The summed E-state index contributed by atoms with van der Waals surface area (Å²) in [6, 6.07) is 9.81. The fraction of sp³-hybridized carbons (Fsp3) is 0.500. The summed E-state index contributed by atoms with van der Waals surface area (Å²) in [4.78, 5) is 5.93. The van der Waals surface area contributed by atoms with E-state index in [-0.39, 0.29) is 0 Å². The van der Waals surface area contributed by atoms with Crippen LogP contribution in [0.3, 0.4) is 0 Å². The molecule has 1 N–H and O–H groups in total. The van der Waals surface area contributed by atoms with Gasteiger partial charge >= 0.3 is 0 Å². The Morgan fingerprint density at radius 2 is 2.10 bits per heavy atom. The fourth-order valence-electron chi connectivity index (χ4n) is 3.16. The Bertz CT molecular complexity index is 599. The van der Waals surface area contributed by atoms with E-state index in [1.807, 2.05) is 17.5 Å². The lowest BCUT2D eigenvalue weighted by molar-refractivity contribution is 0.270. The number of hydrogen-bond donors (Lipinski definition) is 1. The Morgan fingerprint density at radius 1 is 1.33 bits per heavy atom. The molecule has 0 spiro atoms. The average Bonchev–Trinajstić information content (AvgIpc) is 2.92. The molecule has 1 aromatic carbocycles. The summed E-state index contributed by atoms with van der Waals surface area (Å²) in [5, 5.41) is 4.97. The quantitative estimate of drug-likeness (QED) is 0.872. The monoisotopic (exact) mass is 300 g/mol. The van der Waals surface area contributed by atoms with Gasteiger partial charge in [-0.05, 0) is 50.2 Å². The third-order valence-electron chi connectivity index (χ3n) is 4.54. The maximum absolute atomic E-state index is 4.55. The van der Waals surface area contributed by atoms with Gasteiger partial charge in [0.25, 0.3) is 0 Å². The van der Waals surface area contributed by atoms with Crippen LogP contribution < -0.4 is 5.32 Å². The van der Waals surface area contributed by atoms with Gasteiger partial charge in [-0.15, -0.1) is 11.3 Å². The van der Waals surface area contributed by atoms with Crippen LogP contribution in [0.4, 0.5) is 0 Å². The Kier molecular flexibility index (Phi) is 4.41. The Balaban J connectivity index is 1.54. The minimum Gasteiger partial charge on any atom is -0.305 e. The Hall–Kier alpha value is -1.19. The van der Waals surface area contributed by atoms with Gasteiger partial charge in [0.15, 0.2) is 0 Å². The minimum atomic E-state index is 0.373. The number of aryl methyl sites for hydroxylation is 2. The molecule has 0 saturated heterocycles. The molecule has 1 saturated carbocycles. The lowest BCUT2D eigenvalue weighted by Gasteiger charge is -2.38. The van der Waals surface area contributed by atoms with E-state index in [1.54, 1.807) is 0 Å². The zero-order chi connectivity index (χ0) is 14.8. The van der Waals surface area contributed by atoms with Crippen LogP contribution in [0.1, 0.15) is 59.7 Å². The highest BCUT2D eigenvalue weighted by Gasteiger charge is 2.32. The van der Waals surface area contributed by atoms with Gasteiger partial charge in [-0.3, -0.25) is 0 Å². The molecule has 21 heavy (non-hydrogen) atoms. The first-order valence-electron chi connectivity index (χ1n) is 7.93. The number of thiazole rings is 1. The normalized spacial score (nSPS) is 22.8. The molecule has 112 valence electrons. The molecule has 1 unspecified atom stereocenters. The van der Waals surface area contributed by atoms with Gasteiger partial charge in [-0.1, -0.05) is 31.2 Å². The smallest absolute Gasteiger partial charge is 0.109 e. The average molecular weight is 300 g/mol. The van der Waals surface area contributed by atoms with E-state index in [4.69, 9.17) is 0 Å². The van der Waals surface area contributed by atoms with Crippen LogP contribution in [0.15, 0.2) is 30.5 Å². The first-order chi connectivity index (χ1) is 10.2. The first kappa shape index (κ1) is 14.7. The highest BCUT2D eigenvalue weighted by atomic mass is 32.1. The molecule has 2 aromatic rings. The maximum atomic E-state index is 4.55. The third kappa shape index (κ3) is 3.19. The van der Waals surface area contributed by atoms with Gasteiger partial charge in [0, 0.05) is 17.1 Å². The molecule has 1 fully saturated rings. The minimum absolute atomic E-state index is 0.373. The second kappa shape index (κ2) is 6.29. The summed E-state index contributed by atoms with van der Waals surface area (Å²) in [6.45, 7) is 6.65. The van der Waals surface area contributed by atoms with Crippen LogP contribution in [0, 0.1) is 6.92 Å². The van der Waals surface area contributed by atoms with Crippen LogP contribution in [-0.4, -0.2) is 11.0 Å². The summed E-state index contributed by atoms with van der Waals surface area (Å²) >= 11 is 1.84. The zero-order valence-corrected chi connectivity index (χ0v) is 13.9. The van der Waals surface area contributed by atoms with E-state index in [0.29, 0.717) is 12.1 Å². The molecule has 1 aromatic heterocycles. The molecule has 2 nitrogen and oxygen atoms in total. The van der Waals surface area contributed by atoms with Gasteiger partial charge in [-0.25, -0.2) is 4.98 Å². The number of nitrogens with zero attached hydrogens (tertiary/aromatic N) is 1. The summed E-state index contributed by atoms with van der Waals surface area (Å²) in [7, 11) is 0. The molecule has 1 aliphatic rings. The van der Waals surface area contributed by atoms with Crippen molar-refractivity contribution in [2.24, 2.45) is 0 Å². The molecule has 1 heterocycles. The number of benzene rings is 1. The van der Waals surface area contributed by atoms with Crippen molar-refractivity contribution in [3.05, 3.63) is 51.5 Å². The standard InChI is InChI=1S/C18H24N2S/c1-4-16-11-19-18(21-16)13(3)20-15-9-14(10-15)17-8-6-5-7-12(17)2/h5-8,11,13-15,20H,4,9-10H2,1-3H3. The highest BCUT2D eigenvalue weighted by Crippen LogP contribution is 2.39. The molecule has 1 aliphatic carbocycles. The molecule has 0 bridgehead atoms. The zero-order valence-electron chi connectivity index (χ0n) is 13.1. The molecule has 1 atom stereocenters. The fourth-order valence-corrected chi connectivity index (χ4v) is 4.03. The van der Waals surface area contributed by atoms with Crippen molar-refractivity contribution in [1.29, 1.82) is 0 Å². The van der Waals surface area contributed by atoms with Gasteiger partial charge < -0.3 is 5.32 Å². The second-order valence-corrected chi connectivity index (χ2v) is 7.28. The highest BCUT2D eigenvalue weighted by molar-refractivity contribution is 7.11. The number of hydrogen-bond acceptors (Lipinski definition) is 3. The molecule has 0 amide bonds. The summed E-state index contributed by atoms with van der Waals surface area (Å²) in [5.74, 6) is 0.735. The van der Waals surface area contributed by atoms with Crippen molar-refractivity contribution in [3.63, 3.8) is 0 Å². The number of nitrogens with one attached hydrogen (secondary N) is 1. The van der Waals surface area contributed by atoms with Crippen molar-refractivity contribution in [2.45, 2.75) is 58.0 Å². The predicted molar refractivity (Wildman–Crippen MR) is 90.0 cm³/mol. The van der Waals surface area contributed by atoms with E-state index < -0.39 is 0 Å². The molecule has 3 heteroatoms. The summed E-state index contributed by atoms with van der Waals surface area (Å²) in [5.41, 5.74) is 2.97. The van der Waals surface area contributed by atoms with Crippen LogP contribution in [0.25, 0.3) is 0 Å². The predicted octanol–water partition coefficient (Wildman–Crippen LogP) is 4.61. The van der Waals surface area contributed by atoms with Crippen molar-refractivity contribution < 1.29 is 0 Å². The maximum Gasteiger partial charge on any atom is 0.109 e. The van der Waals surface area contributed by atoms with Crippen molar-refractivity contribution in [1.82, 2.24) is 10.3 Å². The van der Waals surface area contributed by atoms with E-state index in [9.17, 15) is 0 Å². The van der Waals surface area contributed by atoms with Crippen LogP contribution in [-0.2, 0) is 6.42 Å².